The number of benzene rings is 1. The number of piperazine rings is 1. The Morgan fingerprint density at radius 3 is 2.41 bits per heavy atom. The van der Waals surface area contributed by atoms with Crippen molar-refractivity contribution in [3.63, 3.8) is 0 Å². The molecule has 0 saturated carbocycles. The van der Waals surface area contributed by atoms with Gasteiger partial charge in [0, 0.05) is 38.3 Å². The minimum absolute atomic E-state index is 0.223. The summed E-state index contributed by atoms with van der Waals surface area (Å²) < 4.78 is 15.4. The van der Waals surface area contributed by atoms with Gasteiger partial charge in [0.05, 0.1) is 11.4 Å². The zero-order valence-electron chi connectivity index (χ0n) is 17.0. The van der Waals surface area contributed by atoms with Gasteiger partial charge >= 0.3 is 0 Å². The molecule has 27 heavy (non-hydrogen) atoms. The van der Waals surface area contributed by atoms with Crippen molar-refractivity contribution in [2.24, 2.45) is 5.92 Å². The lowest BCUT2D eigenvalue weighted by Crippen LogP contribution is -2.45. The molecule has 0 spiro atoms. The third kappa shape index (κ3) is 4.87. The highest BCUT2D eigenvalue weighted by Gasteiger charge is 2.24. The molecular weight excluding hydrogens is 341 g/mol. The summed E-state index contributed by atoms with van der Waals surface area (Å²) in [6.07, 6.45) is 1.16. The van der Waals surface area contributed by atoms with Gasteiger partial charge in [0.15, 0.2) is 0 Å². The first-order valence-corrected chi connectivity index (χ1v) is 9.94. The van der Waals surface area contributed by atoms with Crippen molar-refractivity contribution >= 4 is 5.82 Å². The van der Waals surface area contributed by atoms with E-state index in [1.165, 1.54) is 17.7 Å². The van der Waals surface area contributed by atoms with Gasteiger partial charge in [-0.25, -0.2) is 9.07 Å². The Hall–Kier alpha value is -1.92. The summed E-state index contributed by atoms with van der Waals surface area (Å²) in [6, 6.07) is 6.61. The van der Waals surface area contributed by atoms with Crippen LogP contribution in [0.4, 0.5) is 10.2 Å². The average Bonchev–Trinajstić information content (AvgIpc) is 2.96. The van der Waals surface area contributed by atoms with Crippen LogP contribution in [-0.4, -0.2) is 54.5 Å². The molecule has 3 rings (SSSR count). The highest BCUT2D eigenvalue weighted by molar-refractivity contribution is 5.55. The molecule has 1 aliphatic heterocycles. The lowest BCUT2D eigenvalue weighted by molar-refractivity contribution is 0.311. The van der Waals surface area contributed by atoms with Gasteiger partial charge in [0.2, 0.25) is 0 Å². The van der Waals surface area contributed by atoms with E-state index in [1.54, 1.807) is 12.1 Å². The second kappa shape index (κ2) is 8.85. The molecule has 6 heteroatoms. The summed E-state index contributed by atoms with van der Waals surface area (Å²) in [6.45, 7) is 12.4. The van der Waals surface area contributed by atoms with Gasteiger partial charge in [-0.3, -0.25) is 0 Å². The number of halogens is 1. The zero-order valence-corrected chi connectivity index (χ0v) is 17.0. The van der Waals surface area contributed by atoms with Crippen molar-refractivity contribution in [3.05, 3.63) is 41.3 Å². The van der Waals surface area contributed by atoms with Crippen molar-refractivity contribution in [3.8, 4) is 5.69 Å². The number of hydrogen-bond donors (Lipinski definition) is 1. The SMILES string of the molecule is Cc1nn(-c2ccc(F)cc2)c(N2CCN(C)CC2)c1CNCCC(C)C. The highest BCUT2D eigenvalue weighted by atomic mass is 19.1. The summed E-state index contributed by atoms with van der Waals surface area (Å²) >= 11 is 0. The molecular formula is C21H32FN5. The van der Waals surface area contributed by atoms with Gasteiger partial charge in [0.1, 0.15) is 11.6 Å². The zero-order chi connectivity index (χ0) is 19.4. The minimum Gasteiger partial charge on any atom is -0.354 e. The summed E-state index contributed by atoms with van der Waals surface area (Å²) in [5.74, 6) is 1.61. The Kier molecular flexibility index (Phi) is 6.50. The summed E-state index contributed by atoms with van der Waals surface area (Å²) in [7, 11) is 2.16. The van der Waals surface area contributed by atoms with Gasteiger partial charge in [-0.15, -0.1) is 0 Å². The van der Waals surface area contributed by atoms with E-state index >= 15 is 0 Å². The van der Waals surface area contributed by atoms with Crippen molar-refractivity contribution in [1.82, 2.24) is 20.0 Å². The first-order valence-electron chi connectivity index (χ1n) is 9.94. The summed E-state index contributed by atoms with van der Waals surface area (Å²) in [4.78, 5) is 4.77. The van der Waals surface area contributed by atoms with E-state index in [-0.39, 0.29) is 5.82 Å². The largest absolute Gasteiger partial charge is 0.354 e. The molecule has 2 heterocycles. The van der Waals surface area contributed by atoms with E-state index in [2.05, 4.69) is 42.9 Å². The summed E-state index contributed by atoms with van der Waals surface area (Å²) in [5, 5.41) is 8.40. The lowest BCUT2D eigenvalue weighted by atomic mass is 10.1. The Morgan fingerprint density at radius 2 is 1.78 bits per heavy atom. The van der Waals surface area contributed by atoms with E-state index < -0.39 is 0 Å². The van der Waals surface area contributed by atoms with Crippen LogP contribution >= 0.6 is 0 Å². The van der Waals surface area contributed by atoms with Crippen LogP contribution in [0.3, 0.4) is 0 Å². The molecule has 1 aromatic carbocycles. The molecule has 148 valence electrons. The number of aromatic nitrogens is 2. The highest BCUT2D eigenvalue weighted by Crippen LogP contribution is 2.28. The predicted octanol–water partition coefficient (Wildman–Crippen LogP) is 3.21. The van der Waals surface area contributed by atoms with Gasteiger partial charge < -0.3 is 15.1 Å². The van der Waals surface area contributed by atoms with Gasteiger partial charge in [-0.2, -0.15) is 5.10 Å². The second-order valence-corrected chi connectivity index (χ2v) is 7.93. The average molecular weight is 374 g/mol. The molecule has 0 unspecified atom stereocenters. The van der Waals surface area contributed by atoms with Crippen LogP contribution < -0.4 is 10.2 Å². The molecule has 2 aromatic rings. The quantitative estimate of drug-likeness (QED) is 0.756. The van der Waals surface area contributed by atoms with Gasteiger partial charge in [0.25, 0.3) is 0 Å². The van der Waals surface area contributed by atoms with Crippen molar-refractivity contribution < 1.29 is 4.39 Å². The monoisotopic (exact) mass is 373 g/mol. The molecule has 0 atom stereocenters. The van der Waals surface area contributed by atoms with Crippen LogP contribution in [-0.2, 0) is 6.54 Å². The molecule has 5 nitrogen and oxygen atoms in total. The van der Waals surface area contributed by atoms with E-state index in [0.29, 0.717) is 5.92 Å². The minimum atomic E-state index is -0.223. The number of aryl methyl sites for hydroxylation is 1. The van der Waals surface area contributed by atoms with Crippen molar-refractivity contribution in [2.45, 2.75) is 33.7 Å². The standard InChI is InChI=1S/C21H32FN5/c1-16(2)9-10-23-15-20-17(3)24-27(19-7-5-18(22)6-8-19)21(20)26-13-11-25(4)12-14-26/h5-8,16,23H,9-15H2,1-4H3. The third-order valence-corrected chi connectivity index (χ3v) is 5.23. The van der Waals surface area contributed by atoms with E-state index in [4.69, 9.17) is 5.10 Å². The maximum absolute atomic E-state index is 13.4. The number of hydrogen-bond acceptors (Lipinski definition) is 4. The smallest absolute Gasteiger partial charge is 0.137 e. The number of likely N-dealkylation sites (N-methyl/N-ethyl adjacent to an activating group) is 1. The molecule has 0 radical (unpaired) electrons. The molecule has 1 N–H and O–H groups in total. The maximum atomic E-state index is 13.4. The second-order valence-electron chi connectivity index (χ2n) is 7.93. The summed E-state index contributed by atoms with van der Waals surface area (Å²) in [5.41, 5.74) is 3.18. The maximum Gasteiger partial charge on any atom is 0.137 e. The molecule has 0 aliphatic carbocycles. The molecule has 1 fully saturated rings. The van der Waals surface area contributed by atoms with Crippen molar-refractivity contribution in [2.75, 3.05) is 44.7 Å². The fourth-order valence-corrected chi connectivity index (χ4v) is 3.46. The Balaban J connectivity index is 1.90. The van der Waals surface area contributed by atoms with Crippen LogP contribution in [0.5, 0.6) is 0 Å². The lowest BCUT2D eigenvalue weighted by Gasteiger charge is -2.34. The number of rotatable bonds is 7. The Bertz CT molecular complexity index is 730. The first kappa shape index (κ1) is 19.8. The number of nitrogens with one attached hydrogen (secondary N) is 1. The van der Waals surface area contributed by atoms with Gasteiger partial charge in [-0.05, 0) is 57.1 Å². The fraction of sp³-hybridized carbons (Fsp3) is 0.571. The molecule has 0 bridgehead atoms. The predicted molar refractivity (Wildman–Crippen MR) is 109 cm³/mol. The normalized spacial score (nSPS) is 15.7. The van der Waals surface area contributed by atoms with Crippen LogP contribution in [0, 0.1) is 18.7 Å². The Morgan fingerprint density at radius 1 is 1.11 bits per heavy atom. The Labute approximate surface area is 162 Å². The molecule has 0 amide bonds. The fourth-order valence-electron chi connectivity index (χ4n) is 3.46. The van der Waals surface area contributed by atoms with E-state index in [1.807, 2.05) is 4.68 Å². The molecule has 1 saturated heterocycles. The van der Waals surface area contributed by atoms with Gasteiger partial charge in [-0.1, -0.05) is 13.8 Å². The molecule has 1 aliphatic rings. The molecule has 1 aromatic heterocycles. The first-order chi connectivity index (χ1) is 13.0. The topological polar surface area (TPSA) is 36.3 Å². The van der Waals surface area contributed by atoms with E-state index in [9.17, 15) is 4.39 Å². The third-order valence-electron chi connectivity index (χ3n) is 5.23. The van der Waals surface area contributed by atoms with Crippen LogP contribution in [0.15, 0.2) is 24.3 Å². The van der Waals surface area contributed by atoms with E-state index in [0.717, 1.165) is 62.9 Å². The van der Waals surface area contributed by atoms with Crippen LogP contribution in [0.25, 0.3) is 5.69 Å². The number of nitrogens with zero attached hydrogens (tertiary/aromatic N) is 4. The van der Waals surface area contributed by atoms with Crippen LogP contribution in [0.1, 0.15) is 31.5 Å². The van der Waals surface area contributed by atoms with Crippen LogP contribution in [0.2, 0.25) is 0 Å². The number of anilines is 1. The van der Waals surface area contributed by atoms with Crippen molar-refractivity contribution in [1.29, 1.82) is 0 Å².